The predicted octanol–water partition coefficient (Wildman–Crippen LogP) is 6.12. The van der Waals surface area contributed by atoms with E-state index in [9.17, 15) is 4.79 Å². The lowest BCUT2D eigenvalue weighted by Crippen LogP contribution is -2.05. The molecule has 2 aromatic carbocycles. The third-order valence-electron chi connectivity index (χ3n) is 3.91. The number of carboxylic acids is 1. The van der Waals surface area contributed by atoms with Crippen LogP contribution in [0.2, 0.25) is 0 Å². The van der Waals surface area contributed by atoms with Crippen LogP contribution in [0, 0.1) is 0 Å². The van der Waals surface area contributed by atoms with E-state index in [1.165, 1.54) is 10.5 Å². The van der Waals surface area contributed by atoms with Crippen molar-refractivity contribution in [3.63, 3.8) is 0 Å². The van der Waals surface area contributed by atoms with Crippen molar-refractivity contribution in [2.45, 2.75) is 48.0 Å². The van der Waals surface area contributed by atoms with E-state index >= 15 is 0 Å². The topological polar surface area (TPSA) is 37.3 Å². The largest absolute Gasteiger partial charge is 0.481 e. The summed E-state index contributed by atoms with van der Waals surface area (Å²) in [6.45, 7) is 0. The minimum absolute atomic E-state index is 0.283. The van der Waals surface area contributed by atoms with E-state index in [1.807, 2.05) is 29.6 Å². The Hall–Kier alpha value is -1.39. The fourth-order valence-electron chi connectivity index (χ4n) is 2.58. The second-order valence-electron chi connectivity index (χ2n) is 6.02. The van der Waals surface area contributed by atoms with Crippen molar-refractivity contribution in [3.05, 3.63) is 66.2 Å². The molecule has 1 N–H and O–H groups in total. The third kappa shape index (κ3) is 9.03. The van der Waals surface area contributed by atoms with Crippen LogP contribution in [0.1, 0.15) is 37.7 Å². The minimum atomic E-state index is -0.689. The van der Waals surface area contributed by atoms with Crippen molar-refractivity contribution in [3.8, 4) is 0 Å². The molecular formula is C21H26O2S2. The fraction of sp³-hybridized carbons (Fsp3) is 0.381. The Bertz CT molecular complexity index is 602. The van der Waals surface area contributed by atoms with Crippen LogP contribution >= 0.6 is 23.5 Å². The summed E-state index contributed by atoms with van der Waals surface area (Å²) in [4.78, 5) is 12.0. The lowest BCUT2D eigenvalue weighted by molar-refractivity contribution is -0.137. The molecule has 0 fully saturated rings. The van der Waals surface area contributed by atoms with Crippen LogP contribution in [0.25, 0.3) is 0 Å². The fourth-order valence-corrected chi connectivity index (χ4v) is 4.97. The van der Waals surface area contributed by atoms with Gasteiger partial charge in [0.2, 0.25) is 0 Å². The zero-order valence-corrected chi connectivity index (χ0v) is 16.1. The van der Waals surface area contributed by atoms with Gasteiger partial charge in [0.1, 0.15) is 0 Å². The molecule has 4 heteroatoms. The standard InChI is InChI=1S/C21H26O2S2/c22-21(23)14-8-7-13-20(25-19-11-5-2-6-12-19)15-16-24-17-18-9-3-1-4-10-18/h1-6,9-12,20H,7-8,13-17H2,(H,22,23). The van der Waals surface area contributed by atoms with Crippen molar-refractivity contribution >= 4 is 29.5 Å². The number of hydrogen-bond acceptors (Lipinski definition) is 3. The first kappa shape index (κ1) is 19.9. The van der Waals surface area contributed by atoms with E-state index in [2.05, 4.69) is 54.6 Å². The molecule has 0 amide bonds. The number of hydrogen-bond donors (Lipinski definition) is 1. The molecule has 134 valence electrons. The van der Waals surface area contributed by atoms with Crippen molar-refractivity contribution < 1.29 is 9.90 Å². The Morgan fingerprint density at radius 1 is 0.920 bits per heavy atom. The summed E-state index contributed by atoms with van der Waals surface area (Å²) in [5.74, 6) is 1.51. The van der Waals surface area contributed by atoms with Gasteiger partial charge in [0.25, 0.3) is 0 Å². The van der Waals surface area contributed by atoms with E-state index in [-0.39, 0.29) is 6.42 Å². The zero-order chi connectivity index (χ0) is 17.7. The summed E-state index contributed by atoms with van der Waals surface area (Å²) < 4.78 is 0. The Morgan fingerprint density at radius 3 is 2.28 bits per heavy atom. The number of rotatable bonds is 12. The molecule has 2 nitrogen and oxygen atoms in total. The molecule has 0 bridgehead atoms. The number of carboxylic acid groups (broad SMARTS) is 1. The van der Waals surface area contributed by atoms with Gasteiger partial charge in [-0.05, 0) is 42.7 Å². The van der Waals surface area contributed by atoms with E-state index in [1.54, 1.807) is 0 Å². The molecule has 0 aliphatic rings. The maximum atomic E-state index is 10.7. The van der Waals surface area contributed by atoms with E-state index in [0.717, 1.165) is 37.2 Å². The smallest absolute Gasteiger partial charge is 0.303 e. The van der Waals surface area contributed by atoms with Crippen molar-refractivity contribution in [1.29, 1.82) is 0 Å². The maximum Gasteiger partial charge on any atom is 0.303 e. The average molecular weight is 375 g/mol. The molecule has 2 aromatic rings. The lowest BCUT2D eigenvalue weighted by Gasteiger charge is -2.16. The van der Waals surface area contributed by atoms with Gasteiger partial charge in [0.05, 0.1) is 0 Å². The van der Waals surface area contributed by atoms with Crippen LogP contribution in [0.4, 0.5) is 0 Å². The number of unbranched alkanes of at least 4 members (excludes halogenated alkanes) is 1. The Balaban J connectivity index is 1.75. The first-order valence-electron chi connectivity index (χ1n) is 8.79. The van der Waals surface area contributed by atoms with Gasteiger partial charge in [-0.25, -0.2) is 0 Å². The Kier molecular flexibility index (Phi) is 9.60. The summed E-state index contributed by atoms with van der Waals surface area (Å²) in [7, 11) is 0. The van der Waals surface area contributed by atoms with Gasteiger partial charge in [-0.15, -0.1) is 11.8 Å². The van der Waals surface area contributed by atoms with Crippen LogP contribution in [-0.2, 0) is 10.5 Å². The molecule has 1 atom stereocenters. The van der Waals surface area contributed by atoms with Gasteiger partial charge in [-0.1, -0.05) is 55.0 Å². The molecule has 1 unspecified atom stereocenters. The monoisotopic (exact) mass is 374 g/mol. The first-order chi connectivity index (χ1) is 12.2. The number of benzene rings is 2. The third-order valence-corrected chi connectivity index (χ3v) is 6.32. The molecule has 0 aromatic heterocycles. The summed E-state index contributed by atoms with van der Waals surface area (Å²) in [6, 6.07) is 21.1. The Morgan fingerprint density at radius 2 is 1.60 bits per heavy atom. The lowest BCUT2D eigenvalue weighted by atomic mass is 10.1. The van der Waals surface area contributed by atoms with E-state index in [0.29, 0.717) is 5.25 Å². The van der Waals surface area contributed by atoms with Crippen molar-refractivity contribution in [2.24, 2.45) is 0 Å². The highest BCUT2D eigenvalue weighted by atomic mass is 32.2. The van der Waals surface area contributed by atoms with Crippen molar-refractivity contribution in [1.82, 2.24) is 0 Å². The van der Waals surface area contributed by atoms with Gasteiger partial charge >= 0.3 is 5.97 Å². The second kappa shape index (κ2) is 12.0. The quantitative estimate of drug-likeness (QED) is 0.359. The first-order valence-corrected chi connectivity index (χ1v) is 10.8. The van der Waals surface area contributed by atoms with Crippen LogP contribution in [0.3, 0.4) is 0 Å². The van der Waals surface area contributed by atoms with Crippen molar-refractivity contribution in [2.75, 3.05) is 5.75 Å². The van der Waals surface area contributed by atoms with E-state index < -0.39 is 5.97 Å². The van der Waals surface area contributed by atoms with Crippen LogP contribution in [0.5, 0.6) is 0 Å². The predicted molar refractivity (Wildman–Crippen MR) is 109 cm³/mol. The SMILES string of the molecule is O=C(O)CCCCC(CCSCc1ccccc1)Sc1ccccc1. The number of carbonyl (C=O) groups is 1. The van der Waals surface area contributed by atoms with Crippen LogP contribution in [-0.4, -0.2) is 22.1 Å². The summed E-state index contributed by atoms with van der Waals surface area (Å²) in [5.41, 5.74) is 1.38. The molecule has 0 aliphatic carbocycles. The molecule has 2 rings (SSSR count). The van der Waals surface area contributed by atoms with Gasteiger partial charge in [-0.2, -0.15) is 11.8 Å². The van der Waals surface area contributed by atoms with Gasteiger partial charge in [0, 0.05) is 22.3 Å². The average Bonchev–Trinajstić information content (AvgIpc) is 2.63. The highest BCUT2D eigenvalue weighted by Crippen LogP contribution is 2.30. The molecule has 0 radical (unpaired) electrons. The number of aliphatic carboxylic acids is 1. The summed E-state index contributed by atoms with van der Waals surface area (Å²) >= 11 is 3.91. The van der Waals surface area contributed by atoms with E-state index in [4.69, 9.17) is 5.11 Å². The molecule has 25 heavy (non-hydrogen) atoms. The van der Waals surface area contributed by atoms with Gasteiger partial charge in [0.15, 0.2) is 0 Å². The minimum Gasteiger partial charge on any atom is -0.481 e. The highest BCUT2D eigenvalue weighted by molar-refractivity contribution is 8.00. The zero-order valence-electron chi connectivity index (χ0n) is 14.5. The van der Waals surface area contributed by atoms with Crippen LogP contribution < -0.4 is 0 Å². The molecule has 0 saturated heterocycles. The van der Waals surface area contributed by atoms with Gasteiger partial charge < -0.3 is 5.11 Å². The van der Waals surface area contributed by atoms with Crippen LogP contribution in [0.15, 0.2) is 65.6 Å². The molecular weight excluding hydrogens is 348 g/mol. The highest BCUT2D eigenvalue weighted by Gasteiger charge is 2.11. The number of thioether (sulfide) groups is 2. The second-order valence-corrected chi connectivity index (χ2v) is 8.50. The van der Waals surface area contributed by atoms with Gasteiger partial charge in [-0.3, -0.25) is 4.79 Å². The normalized spacial score (nSPS) is 12.0. The summed E-state index contributed by atoms with van der Waals surface area (Å²) in [5, 5.41) is 9.34. The Labute approximate surface area is 159 Å². The maximum absolute atomic E-state index is 10.7. The summed E-state index contributed by atoms with van der Waals surface area (Å²) in [6.07, 6.45) is 4.28. The molecule has 0 saturated carbocycles. The molecule has 0 spiro atoms. The molecule has 0 heterocycles. The molecule has 0 aliphatic heterocycles.